The zero-order chi connectivity index (χ0) is 24.4. The summed E-state index contributed by atoms with van der Waals surface area (Å²) < 4.78 is 60.7. The molecule has 3 aromatic carbocycles. The number of ether oxygens (including phenoxy) is 1. The van der Waals surface area contributed by atoms with Gasteiger partial charge in [-0.2, -0.15) is 0 Å². The van der Waals surface area contributed by atoms with E-state index < -0.39 is 25.0 Å². The van der Waals surface area contributed by atoms with Crippen LogP contribution in [0.25, 0.3) is 0 Å². The first-order valence-corrected chi connectivity index (χ1v) is 12.4. The SMILES string of the molecule is COc1ccc(C)cc1NS(=O)(=O)c1ccc(NS(=O)(=O)c2ccc(C)c([N+](=O)[O-])c2)cc1. The van der Waals surface area contributed by atoms with Crippen LogP contribution >= 0.6 is 0 Å². The van der Waals surface area contributed by atoms with Crippen molar-refractivity contribution < 1.29 is 26.5 Å². The Bertz CT molecular complexity index is 1420. The second-order valence-electron chi connectivity index (χ2n) is 7.14. The van der Waals surface area contributed by atoms with E-state index in [1.165, 1.54) is 50.4 Å². The third-order valence-electron chi connectivity index (χ3n) is 4.70. The number of methoxy groups -OCH3 is 1. The number of sulfonamides is 2. The van der Waals surface area contributed by atoms with Gasteiger partial charge in [0.05, 0.1) is 27.5 Å². The summed E-state index contributed by atoms with van der Waals surface area (Å²) in [4.78, 5) is 10.1. The normalized spacial score (nSPS) is 11.6. The summed E-state index contributed by atoms with van der Waals surface area (Å²) in [6, 6.07) is 13.6. The molecule has 0 amide bonds. The second kappa shape index (κ2) is 9.08. The number of anilines is 2. The molecule has 174 valence electrons. The average molecular weight is 492 g/mol. The Morgan fingerprint density at radius 1 is 0.818 bits per heavy atom. The fourth-order valence-electron chi connectivity index (χ4n) is 2.97. The molecule has 0 atom stereocenters. The summed E-state index contributed by atoms with van der Waals surface area (Å²) in [5.41, 5.74) is 1.19. The maximum Gasteiger partial charge on any atom is 0.273 e. The summed E-state index contributed by atoms with van der Waals surface area (Å²) in [6.45, 7) is 3.31. The molecular formula is C21H21N3O7S2. The van der Waals surface area contributed by atoms with E-state index in [1.807, 2.05) is 0 Å². The Morgan fingerprint density at radius 2 is 1.42 bits per heavy atom. The zero-order valence-corrected chi connectivity index (χ0v) is 19.5. The molecule has 0 saturated carbocycles. The lowest BCUT2D eigenvalue weighted by molar-refractivity contribution is -0.385. The molecule has 0 aliphatic heterocycles. The van der Waals surface area contributed by atoms with Crippen LogP contribution in [0.3, 0.4) is 0 Å². The minimum Gasteiger partial charge on any atom is -0.495 e. The van der Waals surface area contributed by atoms with E-state index >= 15 is 0 Å². The lowest BCUT2D eigenvalue weighted by Crippen LogP contribution is -2.15. The molecule has 0 unspecified atom stereocenters. The van der Waals surface area contributed by atoms with Crippen molar-refractivity contribution in [2.75, 3.05) is 16.6 Å². The summed E-state index contributed by atoms with van der Waals surface area (Å²) in [6.07, 6.45) is 0. The molecule has 0 aliphatic carbocycles. The first kappa shape index (κ1) is 24.0. The van der Waals surface area contributed by atoms with Gasteiger partial charge in [-0.15, -0.1) is 0 Å². The van der Waals surface area contributed by atoms with E-state index in [1.54, 1.807) is 25.1 Å². The van der Waals surface area contributed by atoms with E-state index in [0.29, 0.717) is 11.3 Å². The summed E-state index contributed by atoms with van der Waals surface area (Å²) in [5.74, 6) is 0.348. The Balaban J connectivity index is 1.83. The summed E-state index contributed by atoms with van der Waals surface area (Å²) in [7, 11) is -6.69. The Labute approximate surface area is 191 Å². The number of nitro groups is 1. The molecule has 12 heteroatoms. The van der Waals surface area contributed by atoms with E-state index in [4.69, 9.17) is 4.74 Å². The predicted molar refractivity (Wildman–Crippen MR) is 124 cm³/mol. The highest BCUT2D eigenvalue weighted by Crippen LogP contribution is 2.29. The van der Waals surface area contributed by atoms with Gasteiger partial charge in [-0.05, 0) is 61.9 Å². The number of nitrogens with zero attached hydrogens (tertiary/aromatic N) is 1. The van der Waals surface area contributed by atoms with Crippen LogP contribution in [0.2, 0.25) is 0 Å². The average Bonchev–Trinajstić information content (AvgIpc) is 2.73. The number of benzene rings is 3. The van der Waals surface area contributed by atoms with E-state index in [2.05, 4.69) is 9.44 Å². The second-order valence-corrected chi connectivity index (χ2v) is 10.5. The van der Waals surface area contributed by atoms with Gasteiger partial charge in [-0.3, -0.25) is 19.6 Å². The molecule has 33 heavy (non-hydrogen) atoms. The quantitative estimate of drug-likeness (QED) is 0.360. The lowest BCUT2D eigenvalue weighted by atomic mass is 10.2. The number of hydrogen-bond acceptors (Lipinski definition) is 7. The van der Waals surface area contributed by atoms with Crippen LogP contribution in [0.4, 0.5) is 17.1 Å². The van der Waals surface area contributed by atoms with Crippen molar-refractivity contribution in [1.29, 1.82) is 0 Å². The molecule has 0 fully saturated rings. The van der Waals surface area contributed by atoms with Gasteiger partial charge in [0.1, 0.15) is 5.75 Å². The third kappa shape index (κ3) is 5.41. The van der Waals surface area contributed by atoms with Gasteiger partial charge in [-0.25, -0.2) is 16.8 Å². The van der Waals surface area contributed by atoms with Crippen molar-refractivity contribution in [1.82, 2.24) is 0 Å². The van der Waals surface area contributed by atoms with Crippen molar-refractivity contribution in [3.05, 3.63) is 81.9 Å². The van der Waals surface area contributed by atoms with Gasteiger partial charge in [0.25, 0.3) is 25.7 Å². The molecule has 0 heterocycles. The van der Waals surface area contributed by atoms with Crippen molar-refractivity contribution in [2.45, 2.75) is 23.6 Å². The van der Waals surface area contributed by atoms with Crippen LogP contribution < -0.4 is 14.2 Å². The molecule has 0 aliphatic rings. The summed E-state index contributed by atoms with van der Waals surface area (Å²) in [5, 5.41) is 11.1. The van der Waals surface area contributed by atoms with E-state index in [9.17, 15) is 26.9 Å². The van der Waals surface area contributed by atoms with Crippen LogP contribution in [0.1, 0.15) is 11.1 Å². The highest BCUT2D eigenvalue weighted by atomic mass is 32.2. The molecular weight excluding hydrogens is 470 g/mol. The molecule has 0 radical (unpaired) electrons. The van der Waals surface area contributed by atoms with Gasteiger partial charge in [0.15, 0.2) is 0 Å². The topological polar surface area (TPSA) is 145 Å². The first-order chi connectivity index (χ1) is 15.4. The molecule has 10 nitrogen and oxygen atoms in total. The molecule has 0 aromatic heterocycles. The number of hydrogen-bond donors (Lipinski definition) is 2. The molecule has 0 spiro atoms. The van der Waals surface area contributed by atoms with Gasteiger partial charge >= 0.3 is 0 Å². The zero-order valence-electron chi connectivity index (χ0n) is 17.9. The van der Waals surface area contributed by atoms with Gasteiger partial charge in [0.2, 0.25) is 0 Å². The van der Waals surface area contributed by atoms with Crippen molar-refractivity contribution in [2.24, 2.45) is 0 Å². The summed E-state index contributed by atoms with van der Waals surface area (Å²) >= 11 is 0. The van der Waals surface area contributed by atoms with Gasteiger partial charge < -0.3 is 4.74 Å². The largest absolute Gasteiger partial charge is 0.495 e. The van der Waals surface area contributed by atoms with Gasteiger partial charge in [0, 0.05) is 17.3 Å². The van der Waals surface area contributed by atoms with Crippen molar-refractivity contribution >= 4 is 37.1 Å². The predicted octanol–water partition coefficient (Wildman–Crippen LogP) is 3.82. The number of aryl methyl sites for hydroxylation is 2. The highest BCUT2D eigenvalue weighted by Gasteiger charge is 2.21. The molecule has 3 aromatic rings. The number of nitro benzene ring substituents is 1. The van der Waals surface area contributed by atoms with E-state index in [-0.39, 0.29) is 26.9 Å². The Kier molecular flexibility index (Phi) is 6.60. The minimum absolute atomic E-state index is 0.0883. The number of nitrogens with one attached hydrogen (secondary N) is 2. The van der Waals surface area contributed by atoms with Crippen molar-refractivity contribution in [3.8, 4) is 5.75 Å². The lowest BCUT2D eigenvalue weighted by Gasteiger charge is -2.13. The van der Waals surface area contributed by atoms with Crippen molar-refractivity contribution in [3.63, 3.8) is 0 Å². The smallest absolute Gasteiger partial charge is 0.273 e. The standard InChI is InChI=1S/C21H21N3O7S2/c1-14-4-11-21(31-3)19(12-14)23-32(27,28)17-9-6-16(7-10-17)22-33(29,30)18-8-5-15(2)20(13-18)24(25)26/h4-13,22-23H,1-3H3. The third-order valence-corrected chi connectivity index (χ3v) is 7.46. The van der Waals surface area contributed by atoms with Crippen LogP contribution in [0.15, 0.2) is 70.5 Å². The van der Waals surface area contributed by atoms with Gasteiger partial charge in [-0.1, -0.05) is 12.1 Å². The first-order valence-electron chi connectivity index (χ1n) is 9.48. The maximum atomic E-state index is 12.8. The Hall–Kier alpha value is -3.64. The monoisotopic (exact) mass is 491 g/mol. The molecule has 3 rings (SSSR count). The maximum absolute atomic E-state index is 12.8. The molecule has 0 bridgehead atoms. The van der Waals surface area contributed by atoms with Crippen LogP contribution in [-0.2, 0) is 20.0 Å². The molecule has 2 N–H and O–H groups in total. The van der Waals surface area contributed by atoms with Crippen LogP contribution in [-0.4, -0.2) is 28.9 Å². The highest BCUT2D eigenvalue weighted by molar-refractivity contribution is 7.93. The molecule has 0 saturated heterocycles. The fraction of sp³-hybridized carbons (Fsp3) is 0.143. The van der Waals surface area contributed by atoms with E-state index in [0.717, 1.165) is 11.6 Å². The van der Waals surface area contributed by atoms with Crippen LogP contribution in [0.5, 0.6) is 5.75 Å². The van der Waals surface area contributed by atoms with Crippen LogP contribution in [0, 0.1) is 24.0 Å². The number of rotatable bonds is 8. The Morgan fingerprint density at radius 3 is 2.03 bits per heavy atom. The fourth-order valence-corrected chi connectivity index (χ4v) is 5.11. The minimum atomic E-state index is -4.13.